The van der Waals surface area contributed by atoms with Gasteiger partial charge in [-0.1, -0.05) is 12.8 Å². The van der Waals surface area contributed by atoms with Gasteiger partial charge in [-0.2, -0.15) is 0 Å². The predicted molar refractivity (Wildman–Crippen MR) is 68.6 cm³/mol. The molecule has 3 nitrogen and oxygen atoms in total. The fraction of sp³-hybridized carbons (Fsp3) is 0.455. The van der Waals surface area contributed by atoms with Crippen LogP contribution in [0.4, 0.5) is 0 Å². The van der Waals surface area contributed by atoms with Gasteiger partial charge in [0.1, 0.15) is 4.83 Å². The topological polar surface area (TPSA) is 37.8 Å². The maximum atomic E-state index is 12.1. The Kier molecular flexibility index (Phi) is 2.44. The molecule has 2 aromatic rings. The lowest BCUT2D eigenvalue weighted by molar-refractivity contribution is 0.572. The van der Waals surface area contributed by atoms with Crippen molar-refractivity contribution < 1.29 is 0 Å². The van der Waals surface area contributed by atoms with Crippen molar-refractivity contribution in [1.29, 1.82) is 0 Å². The monoisotopic (exact) mass is 252 g/mol. The van der Waals surface area contributed by atoms with Gasteiger partial charge < -0.3 is 4.98 Å². The molecule has 3 rings (SSSR count). The molecule has 5 heteroatoms. The maximum absolute atomic E-state index is 12.1. The second-order valence-corrected chi connectivity index (χ2v) is 5.59. The van der Waals surface area contributed by atoms with Crippen LogP contribution in [0, 0.1) is 10.7 Å². The molecule has 0 bridgehead atoms. The van der Waals surface area contributed by atoms with Gasteiger partial charge in [0.15, 0.2) is 4.77 Å². The van der Waals surface area contributed by atoms with E-state index in [-0.39, 0.29) is 5.56 Å². The number of hydrogen-bond acceptors (Lipinski definition) is 3. The predicted octanol–water partition coefficient (Wildman–Crippen LogP) is 2.92. The second kappa shape index (κ2) is 3.82. The Bertz CT molecular complexity index is 633. The largest absolute Gasteiger partial charge is 0.323 e. The molecule has 0 aliphatic heterocycles. The third kappa shape index (κ3) is 1.74. The van der Waals surface area contributed by atoms with E-state index in [1.807, 2.05) is 11.4 Å². The van der Waals surface area contributed by atoms with Crippen molar-refractivity contribution in [3.63, 3.8) is 0 Å². The van der Waals surface area contributed by atoms with E-state index in [4.69, 9.17) is 12.2 Å². The zero-order valence-corrected chi connectivity index (χ0v) is 10.4. The molecule has 1 aliphatic carbocycles. The quantitative estimate of drug-likeness (QED) is 0.853. The molecule has 0 saturated heterocycles. The molecule has 16 heavy (non-hydrogen) atoms. The molecule has 0 spiro atoms. The van der Waals surface area contributed by atoms with E-state index >= 15 is 0 Å². The van der Waals surface area contributed by atoms with E-state index in [9.17, 15) is 4.79 Å². The summed E-state index contributed by atoms with van der Waals surface area (Å²) >= 11 is 6.74. The number of nitrogens with one attached hydrogen (secondary N) is 1. The van der Waals surface area contributed by atoms with Gasteiger partial charge in [-0.15, -0.1) is 11.3 Å². The highest BCUT2D eigenvalue weighted by molar-refractivity contribution is 7.71. The second-order valence-electron chi connectivity index (χ2n) is 4.28. The van der Waals surface area contributed by atoms with Crippen LogP contribution in [0.25, 0.3) is 10.2 Å². The number of aromatic amines is 1. The van der Waals surface area contributed by atoms with Crippen molar-refractivity contribution in [3.8, 4) is 0 Å². The molecule has 2 heterocycles. The Hall–Kier alpha value is -0.940. The first-order valence-electron chi connectivity index (χ1n) is 5.46. The Morgan fingerprint density at radius 1 is 1.56 bits per heavy atom. The lowest BCUT2D eigenvalue weighted by atomic mass is 10.3. The highest BCUT2D eigenvalue weighted by atomic mass is 32.1. The Labute approximate surface area is 102 Å². The van der Waals surface area contributed by atoms with Gasteiger partial charge >= 0.3 is 0 Å². The van der Waals surface area contributed by atoms with E-state index in [1.165, 1.54) is 24.2 Å². The minimum Gasteiger partial charge on any atom is -0.323 e. The van der Waals surface area contributed by atoms with Crippen LogP contribution in [-0.4, -0.2) is 9.55 Å². The van der Waals surface area contributed by atoms with Crippen LogP contribution >= 0.6 is 23.6 Å². The van der Waals surface area contributed by atoms with Crippen LogP contribution in [0.1, 0.15) is 19.3 Å². The molecule has 0 unspecified atom stereocenters. The van der Waals surface area contributed by atoms with Crippen molar-refractivity contribution in [3.05, 3.63) is 26.6 Å². The molecule has 1 fully saturated rings. The molecule has 2 aromatic heterocycles. The van der Waals surface area contributed by atoms with Crippen LogP contribution in [-0.2, 0) is 6.54 Å². The van der Waals surface area contributed by atoms with Crippen molar-refractivity contribution in [2.24, 2.45) is 5.92 Å². The number of nitrogens with zero attached hydrogens (tertiary/aromatic N) is 1. The molecular formula is C11H12N2OS2. The highest BCUT2D eigenvalue weighted by Gasteiger charge is 2.21. The lowest BCUT2D eigenvalue weighted by Gasteiger charge is -2.05. The van der Waals surface area contributed by atoms with Crippen LogP contribution in [0.5, 0.6) is 0 Å². The van der Waals surface area contributed by atoms with Gasteiger partial charge in [0.2, 0.25) is 0 Å². The molecule has 0 amide bonds. The molecule has 1 saturated carbocycles. The number of aromatic nitrogens is 2. The number of hydrogen-bond donors (Lipinski definition) is 1. The molecular weight excluding hydrogens is 240 g/mol. The average Bonchev–Trinajstić information content (AvgIpc) is 2.96. The molecule has 0 radical (unpaired) electrons. The normalized spacial score (nSPS) is 15.8. The minimum absolute atomic E-state index is 0.0562. The first-order chi connectivity index (χ1) is 7.75. The van der Waals surface area contributed by atoms with Crippen molar-refractivity contribution in [1.82, 2.24) is 9.55 Å². The number of fused-ring (bicyclic) bond motifs is 1. The van der Waals surface area contributed by atoms with Crippen molar-refractivity contribution in [2.75, 3.05) is 0 Å². The minimum atomic E-state index is 0.0562. The standard InChI is InChI=1S/C11H12N2OS2/c14-10-8-4-6-16-9(8)12-11(15)13(10)5-3-7-1-2-7/h4,6-7H,1-3,5H2,(H,12,15). The van der Waals surface area contributed by atoms with Gasteiger partial charge in [-0.05, 0) is 36.0 Å². The summed E-state index contributed by atoms with van der Waals surface area (Å²) in [6, 6.07) is 1.86. The summed E-state index contributed by atoms with van der Waals surface area (Å²) < 4.78 is 2.25. The average molecular weight is 252 g/mol. The van der Waals surface area contributed by atoms with Gasteiger partial charge in [0.05, 0.1) is 5.39 Å². The summed E-state index contributed by atoms with van der Waals surface area (Å²) in [6.07, 6.45) is 3.70. The number of H-pyrrole nitrogens is 1. The van der Waals surface area contributed by atoms with Gasteiger partial charge in [-0.25, -0.2) is 0 Å². The maximum Gasteiger partial charge on any atom is 0.263 e. The van der Waals surface area contributed by atoms with Crippen LogP contribution in [0.3, 0.4) is 0 Å². The molecule has 1 N–H and O–H groups in total. The molecule has 0 atom stereocenters. The first-order valence-corrected chi connectivity index (χ1v) is 6.75. The first kappa shape index (κ1) is 10.2. The fourth-order valence-corrected chi connectivity index (χ4v) is 3.02. The molecule has 0 aromatic carbocycles. The van der Waals surface area contributed by atoms with Gasteiger partial charge in [-0.3, -0.25) is 9.36 Å². The summed E-state index contributed by atoms with van der Waals surface area (Å²) in [5.74, 6) is 0.819. The van der Waals surface area contributed by atoms with E-state index in [2.05, 4.69) is 4.98 Å². The highest BCUT2D eigenvalue weighted by Crippen LogP contribution is 2.32. The van der Waals surface area contributed by atoms with E-state index in [1.54, 1.807) is 4.57 Å². The summed E-state index contributed by atoms with van der Waals surface area (Å²) in [5, 5.41) is 2.68. The van der Waals surface area contributed by atoms with Crippen LogP contribution in [0.2, 0.25) is 0 Å². The Balaban J connectivity index is 2.07. The zero-order valence-electron chi connectivity index (χ0n) is 8.73. The third-order valence-electron chi connectivity index (χ3n) is 3.06. The number of rotatable bonds is 3. The summed E-state index contributed by atoms with van der Waals surface area (Å²) in [7, 11) is 0. The third-order valence-corrected chi connectivity index (χ3v) is 4.22. The van der Waals surface area contributed by atoms with E-state index in [0.717, 1.165) is 29.1 Å². The Morgan fingerprint density at radius 3 is 3.12 bits per heavy atom. The van der Waals surface area contributed by atoms with E-state index in [0.29, 0.717) is 4.77 Å². The summed E-state index contributed by atoms with van der Waals surface area (Å²) in [5.41, 5.74) is 0.0562. The lowest BCUT2D eigenvalue weighted by Crippen LogP contribution is -2.21. The summed E-state index contributed by atoms with van der Waals surface area (Å²) in [4.78, 5) is 16.1. The molecule has 1 aliphatic rings. The summed E-state index contributed by atoms with van der Waals surface area (Å²) in [6.45, 7) is 0.755. The van der Waals surface area contributed by atoms with Crippen molar-refractivity contribution in [2.45, 2.75) is 25.8 Å². The zero-order chi connectivity index (χ0) is 11.1. The van der Waals surface area contributed by atoms with E-state index < -0.39 is 0 Å². The fourth-order valence-electron chi connectivity index (χ4n) is 1.90. The Morgan fingerprint density at radius 2 is 2.38 bits per heavy atom. The van der Waals surface area contributed by atoms with Crippen LogP contribution in [0.15, 0.2) is 16.2 Å². The van der Waals surface area contributed by atoms with Crippen LogP contribution < -0.4 is 5.56 Å². The number of thiophene rings is 1. The van der Waals surface area contributed by atoms with Gasteiger partial charge in [0, 0.05) is 6.54 Å². The smallest absolute Gasteiger partial charge is 0.263 e. The van der Waals surface area contributed by atoms with Crippen molar-refractivity contribution >= 4 is 33.8 Å². The van der Waals surface area contributed by atoms with Gasteiger partial charge in [0.25, 0.3) is 5.56 Å². The SMILES string of the molecule is O=c1c2ccsc2[nH]c(=S)n1CCC1CC1. The molecule has 84 valence electrons.